The highest BCUT2D eigenvalue weighted by molar-refractivity contribution is 5.85. The lowest BCUT2D eigenvalue weighted by Crippen LogP contribution is -2.30. The predicted molar refractivity (Wildman–Crippen MR) is 139 cm³/mol. The van der Waals surface area contributed by atoms with Crippen molar-refractivity contribution in [2.75, 3.05) is 0 Å². The molecule has 0 radical (unpaired) electrons. The molecule has 1 rings (SSSR count). The van der Waals surface area contributed by atoms with E-state index in [4.69, 9.17) is 5.73 Å². The molecule has 0 saturated heterocycles. The Balaban J connectivity index is 0. The maximum Gasteiger partial charge on any atom is 0.0355 e. The van der Waals surface area contributed by atoms with E-state index >= 15 is 0 Å². The van der Waals surface area contributed by atoms with Gasteiger partial charge in [0.15, 0.2) is 0 Å². The van der Waals surface area contributed by atoms with Gasteiger partial charge in [-0.3, -0.25) is 0 Å². The minimum absolute atomic E-state index is 0. The summed E-state index contributed by atoms with van der Waals surface area (Å²) in [6.07, 6.45) is 24.0. The van der Waals surface area contributed by atoms with Crippen molar-refractivity contribution in [1.29, 1.82) is 0 Å². The van der Waals surface area contributed by atoms with Crippen molar-refractivity contribution in [3.05, 3.63) is 35.4 Å². The van der Waals surface area contributed by atoms with E-state index in [1.807, 2.05) is 0 Å². The molecule has 0 atom stereocenters. The fraction of sp³-hybridized carbons (Fsp3) is 0.778. The van der Waals surface area contributed by atoms with Crippen LogP contribution in [0, 0.1) is 0 Å². The average Bonchev–Trinajstić information content (AvgIpc) is 2.67. The Morgan fingerprint density at radius 3 is 1.40 bits per heavy atom. The largest absolute Gasteiger partial charge is 0.344 e. The van der Waals surface area contributed by atoms with E-state index in [0.29, 0.717) is 0 Å². The lowest BCUT2D eigenvalue weighted by Gasteiger charge is -2.23. The molecule has 0 bridgehead atoms. The molecule has 178 valence electrons. The highest BCUT2D eigenvalue weighted by Crippen LogP contribution is 2.23. The van der Waals surface area contributed by atoms with Gasteiger partial charge >= 0.3 is 0 Å². The van der Waals surface area contributed by atoms with Crippen molar-refractivity contribution in [2.24, 2.45) is 5.73 Å². The third-order valence-corrected chi connectivity index (χ3v) is 6.01. The molecule has 5 N–H and O–H groups in total. The van der Waals surface area contributed by atoms with Gasteiger partial charge < -0.3 is 11.9 Å². The minimum atomic E-state index is -0.231. The van der Waals surface area contributed by atoms with E-state index < -0.39 is 0 Å². The van der Waals surface area contributed by atoms with Crippen molar-refractivity contribution >= 4 is 12.4 Å². The summed E-state index contributed by atoms with van der Waals surface area (Å²) in [5.41, 5.74) is 8.85. The van der Waals surface area contributed by atoms with Crippen LogP contribution in [0.1, 0.15) is 135 Å². The monoisotopic (exact) mass is 440 g/mol. The molecule has 0 aromatic heterocycles. The van der Waals surface area contributed by atoms with E-state index in [1.54, 1.807) is 0 Å². The smallest absolute Gasteiger partial charge is 0.0355 e. The van der Waals surface area contributed by atoms with Gasteiger partial charge in [-0.1, -0.05) is 128 Å². The zero-order chi connectivity index (χ0) is 20.5. The van der Waals surface area contributed by atoms with Crippen LogP contribution in [0.25, 0.3) is 0 Å². The first-order valence-electron chi connectivity index (χ1n) is 12.4. The molecule has 0 aliphatic heterocycles. The van der Waals surface area contributed by atoms with Gasteiger partial charge in [-0.25, -0.2) is 0 Å². The number of halogens is 1. The molecule has 1 aromatic rings. The summed E-state index contributed by atoms with van der Waals surface area (Å²) in [4.78, 5) is 0. The Morgan fingerprint density at radius 1 is 0.633 bits per heavy atom. The van der Waals surface area contributed by atoms with Gasteiger partial charge in [0.05, 0.1) is 0 Å². The number of hydrogen-bond donors (Lipinski definition) is 2. The number of unbranched alkanes of at least 4 members (excludes halogenated alkanes) is 15. The molecule has 30 heavy (non-hydrogen) atoms. The van der Waals surface area contributed by atoms with Gasteiger partial charge in [0.25, 0.3) is 0 Å². The summed E-state index contributed by atoms with van der Waals surface area (Å²) in [7, 11) is 0. The van der Waals surface area contributed by atoms with Gasteiger partial charge in [-0.2, -0.15) is 0 Å². The maximum atomic E-state index is 6.32. The van der Waals surface area contributed by atoms with Gasteiger partial charge in [0, 0.05) is 5.54 Å². The molecule has 2 nitrogen and oxygen atoms in total. The maximum absolute atomic E-state index is 6.32. The number of rotatable bonds is 18. The molecular weight excluding hydrogens is 388 g/mol. The lowest BCUT2D eigenvalue weighted by atomic mass is 9.89. The molecule has 0 aliphatic carbocycles. The highest BCUT2D eigenvalue weighted by atomic mass is 35.5. The zero-order valence-electron chi connectivity index (χ0n) is 20.5. The topological polar surface area (TPSA) is 61.0 Å². The Bertz CT molecular complexity index is 482. The van der Waals surface area contributed by atoms with Crippen LogP contribution in [0.5, 0.6) is 0 Å². The Kier molecular flexibility index (Phi) is 21.4. The number of hydrogen-bond acceptors (Lipinski definition) is 2. The second-order valence-electron chi connectivity index (χ2n) is 9.43. The van der Waals surface area contributed by atoms with E-state index in [1.165, 1.54) is 120 Å². The van der Waals surface area contributed by atoms with E-state index in [2.05, 4.69) is 45.0 Å². The van der Waals surface area contributed by atoms with Gasteiger partial charge in [0.2, 0.25) is 0 Å². The fourth-order valence-electron chi connectivity index (χ4n) is 4.23. The summed E-state index contributed by atoms with van der Waals surface area (Å²) >= 11 is 0. The quantitative estimate of drug-likeness (QED) is 0.223. The number of benzene rings is 1. The van der Waals surface area contributed by atoms with Crippen LogP contribution < -0.4 is 11.9 Å². The molecule has 0 saturated carbocycles. The third-order valence-electron chi connectivity index (χ3n) is 6.01. The van der Waals surface area contributed by atoms with Crippen LogP contribution >= 0.6 is 12.4 Å². The summed E-state index contributed by atoms with van der Waals surface area (Å²) in [6, 6.07) is 8.72. The van der Waals surface area contributed by atoms with Gasteiger partial charge in [-0.15, -0.1) is 12.4 Å². The van der Waals surface area contributed by atoms with Crippen molar-refractivity contribution in [3.63, 3.8) is 0 Å². The second-order valence-corrected chi connectivity index (χ2v) is 9.43. The Morgan fingerprint density at radius 2 is 1.00 bits per heavy atom. The van der Waals surface area contributed by atoms with Crippen molar-refractivity contribution < 1.29 is 0 Å². The third kappa shape index (κ3) is 16.2. The second kappa shape index (κ2) is 20.3. The van der Waals surface area contributed by atoms with E-state index in [9.17, 15) is 0 Å². The highest BCUT2D eigenvalue weighted by Gasteiger charge is 2.17. The molecule has 1 aromatic carbocycles. The first-order valence-corrected chi connectivity index (χ1v) is 12.4. The average molecular weight is 441 g/mol. The molecule has 0 fully saturated rings. The zero-order valence-corrected chi connectivity index (χ0v) is 21.3. The Labute approximate surface area is 195 Å². The van der Waals surface area contributed by atoms with E-state index in [0.717, 1.165) is 0 Å². The Hall–Kier alpha value is -0.570. The van der Waals surface area contributed by atoms with Crippen molar-refractivity contribution in [3.8, 4) is 0 Å². The molecule has 0 spiro atoms. The van der Waals surface area contributed by atoms with Crippen LogP contribution in [-0.2, 0) is 12.0 Å². The SMILES string of the molecule is CCCCCCCCCCCCCCCCCCc1ccccc1C(C)(C)N.Cl.N. The molecular formula is C27H53ClN2. The fourth-order valence-corrected chi connectivity index (χ4v) is 4.23. The normalized spacial score (nSPS) is 11.1. The van der Waals surface area contributed by atoms with Crippen LogP contribution in [0.4, 0.5) is 0 Å². The molecule has 0 aliphatic rings. The molecule has 0 heterocycles. The number of aryl methyl sites for hydroxylation is 1. The van der Waals surface area contributed by atoms with Crippen LogP contribution in [0.2, 0.25) is 0 Å². The van der Waals surface area contributed by atoms with Crippen LogP contribution in [-0.4, -0.2) is 0 Å². The summed E-state index contributed by atoms with van der Waals surface area (Å²) < 4.78 is 0. The first kappa shape index (κ1) is 31.6. The standard InChI is InChI=1S/C27H49N.ClH.H3N/c1-4-5-6-7-8-9-10-11-12-13-14-15-16-17-18-19-22-25-23-20-21-24-26(25)27(2,3)28;;/h20-21,23-24H,4-19,22,28H2,1-3H3;1H;1H3. The lowest BCUT2D eigenvalue weighted by molar-refractivity contribution is 0.527. The predicted octanol–water partition coefficient (Wildman–Crippen LogP) is 9.27. The van der Waals surface area contributed by atoms with Crippen LogP contribution in [0.15, 0.2) is 24.3 Å². The van der Waals surface area contributed by atoms with Gasteiger partial charge in [-0.05, 0) is 37.8 Å². The van der Waals surface area contributed by atoms with Crippen molar-refractivity contribution in [2.45, 2.75) is 135 Å². The first-order chi connectivity index (χ1) is 13.6. The number of nitrogens with two attached hydrogens (primary N) is 1. The molecule has 0 unspecified atom stereocenters. The molecule has 0 amide bonds. The van der Waals surface area contributed by atoms with E-state index in [-0.39, 0.29) is 24.1 Å². The molecule has 3 heteroatoms. The minimum Gasteiger partial charge on any atom is -0.344 e. The summed E-state index contributed by atoms with van der Waals surface area (Å²) in [5.74, 6) is 0. The summed E-state index contributed by atoms with van der Waals surface area (Å²) in [6.45, 7) is 6.52. The van der Waals surface area contributed by atoms with Gasteiger partial charge in [0.1, 0.15) is 0 Å². The summed E-state index contributed by atoms with van der Waals surface area (Å²) in [5, 5.41) is 0. The van der Waals surface area contributed by atoms with Crippen molar-refractivity contribution in [1.82, 2.24) is 6.15 Å². The van der Waals surface area contributed by atoms with Crippen LogP contribution in [0.3, 0.4) is 0 Å².